The molecule has 5 rings (SSSR count). The number of ether oxygens (including phenoxy) is 1. The Bertz CT molecular complexity index is 1200. The fourth-order valence-electron chi connectivity index (χ4n) is 4.46. The number of anilines is 2. The Morgan fingerprint density at radius 2 is 1.66 bits per heavy atom. The summed E-state index contributed by atoms with van der Waals surface area (Å²) in [6.07, 6.45) is 0. The van der Waals surface area contributed by atoms with E-state index < -0.39 is 11.6 Å². The number of hydrogen-bond donors (Lipinski definition) is 2. The Balaban J connectivity index is 1.60. The molecule has 162 valence electrons. The van der Waals surface area contributed by atoms with Gasteiger partial charge >= 0.3 is 0 Å². The lowest BCUT2D eigenvalue weighted by Gasteiger charge is -2.56. The highest BCUT2D eigenvalue weighted by molar-refractivity contribution is 7.80. The first-order valence-electron chi connectivity index (χ1n) is 10.1. The van der Waals surface area contributed by atoms with Crippen LogP contribution in [0.25, 0.3) is 0 Å². The molecule has 0 aliphatic carbocycles. The first-order chi connectivity index (χ1) is 15.4. The van der Waals surface area contributed by atoms with Crippen molar-refractivity contribution in [3.63, 3.8) is 0 Å². The summed E-state index contributed by atoms with van der Waals surface area (Å²) < 4.78 is 6.53. The van der Waals surface area contributed by atoms with E-state index in [1.165, 1.54) is 0 Å². The Morgan fingerprint density at radius 1 is 1.03 bits per heavy atom. The highest BCUT2D eigenvalue weighted by atomic mass is 35.5. The Hall–Kier alpha value is -2.80. The fraction of sp³-hybridized carbons (Fsp3) is 0.167. The van der Waals surface area contributed by atoms with E-state index in [0.717, 1.165) is 11.3 Å². The second-order valence-corrected chi connectivity index (χ2v) is 9.17. The van der Waals surface area contributed by atoms with Gasteiger partial charge in [-0.1, -0.05) is 41.4 Å². The van der Waals surface area contributed by atoms with Crippen LogP contribution in [0.5, 0.6) is 5.75 Å². The Morgan fingerprint density at radius 3 is 2.34 bits per heavy atom. The van der Waals surface area contributed by atoms with Gasteiger partial charge in [0, 0.05) is 27.0 Å². The van der Waals surface area contributed by atoms with Crippen LogP contribution >= 0.6 is 35.4 Å². The maximum Gasteiger partial charge on any atom is 0.236 e. The van der Waals surface area contributed by atoms with Gasteiger partial charge in [0.1, 0.15) is 11.7 Å². The van der Waals surface area contributed by atoms with Gasteiger partial charge in [-0.3, -0.25) is 9.69 Å². The van der Waals surface area contributed by atoms with Crippen LogP contribution in [0.2, 0.25) is 10.0 Å². The van der Waals surface area contributed by atoms with Gasteiger partial charge < -0.3 is 15.4 Å². The molecule has 1 fully saturated rings. The van der Waals surface area contributed by atoms with E-state index in [1.54, 1.807) is 36.4 Å². The summed E-state index contributed by atoms with van der Waals surface area (Å²) in [7, 11) is 0. The van der Waals surface area contributed by atoms with Crippen molar-refractivity contribution in [1.82, 2.24) is 5.32 Å². The highest BCUT2D eigenvalue weighted by Gasteiger charge is 2.59. The summed E-state index contributed by atoms with van der Waals surface area (Å²) in [5, 5.41) is 8.08. The number of rotatable bonds is 3. The number of para-hydroxylation sites is 1. The summed E-state index contributed by atoms with van der Waals surface area (Å²) >= 11 is 17.8. The molecule has 32 heavy (non-hydrogen) atoms. The van der Waals surface area contributed by atoms with Crippen LogP contribution in [0.4, 0.5) is 11.4 Å². The molecule has 0 radical (unpaired) electrons. The number of nitrogens with zero attached hydrogens (tertiary/aromatic N) is 1. The van der Waals surface area contributed by atoms with Crippen LogP contribution in [0.3, 0.4) is 0 Å². The lowest BCUT2D eigenvalue weighted by molar-refractivity contribution is -0.130. The van der Waals surface area contributed by atoms with Crippen molar-refractivity contribution in [2.24, 2.45) is 5.92 Å². The molecular formula is C24H19Cl2N3O2S. The third kappa shape index (κ3) is 3.48. The van der Waals surface area contributed by atoms with Crippen molar-refractivity contribution >= 4 is 57.8 Å². The van der Waals surface area contributed by atoms with Crippen LogP contribution in [-0.2, 0) is 4.79 Å². The van der Waals surface area contributed by atoms with Gasteiger partial charge in [0.2, 0.25) is 5.91 Å². The molecule has 2 heterocycles. The molecule has 8 heteroatoms. The molecular weight excluding hydrogens is 465 g/mol. The minimum atomic E-state index is -1.08. The first-order valence-corrected chi connectivity index (χ1v) is 11.2. The van der Waals surface area contributed by atoms with Crippen molar-refractivity contribution < 1.29 is 9.53 Å². The van der Waals surface area contributed by atoms with Crippen molar-refractivity contribution in [2.75, 3.05) is 10.2 Å². The average Bonchev–Trinajstić information content (AvgIpc) is 2.76. The van der Waals surface area contributed by atoms with Crippen molar-refractivity contribution in [1.29, 1.82) is 0 Å². The largest absolute Gasteiger partial charge is 0.467 e. The first kappa shape index (κ1) is 21.1. The number of fused-ring (bicyclic) bond motifs is 4. The second-order valence-electron chi connectivity index (χ2n) is 7.91. The third-order valence-electron chi connectivity index (χ3n) is 5.89. The number of amides is 1. The molecule has 2 aliphatic heterocycles. The lowest BCUT2D eigenvalue weighted by Crippen LogP contribution is -2.72. The Labute approximate surface area is 201 Å². The summed E-state index contributed by atoms with van der Waals surface area (Å²) in [4.78, 5) is 15.5. The zero-order valence-electron chi connectivity index (χ0n) is 17.0. The third-order valence-corrected chi connectivity index (χ3v) is 6.69. The van der Waals surface area contributed by atoms with Gasteiger partial charge in [-0.2, -0.15) is 0 Å². The van der Waals surface area contributed by atoms with E-state index in [-0.39, 0.29) is 11.9 Å². The predicted octanol–water partition coefficient (Wildman–Crippen LogP) is 5.79. The summed E-state index contributed by atoms with van der Waals surface area (Å²) in [5.41, 5.74) is 1.24. The van der Waals surface area contributed by atoms with Gasteiger partial charge in [0.15, 0.2) is 10.8 Å². The molecule has 2 N–H and O–H groups in total. The molecule has 0 spiro atoms. The topological polar surface area (TPSA) is 53.6 Å². The standard InChI is InChI=1S/C24H19Cl2N3O2S/c1-24-20(22(30)27-16-10-6-14(25)7-11-16)21(18-4-2-3-5-19(18)31-24)28-23(32)29(24)17-12-8-15(26)9-13-17/h2-13,20-21H,1H3,(H,27,30)(H,28,32)/t20-,21+,24-/m1/s1. The monoisotopic (exact) mass is 483 g/mol. The van der Waals surface area contributed by atoms with Crippen molar-refractivity contribution in [3.8, 4) is 5.75 Å². The summed E-state index contributed by atoms with van der Waals surface area (Å²) in [5.74, 6) is -0.0942. The zero-order chi connectivity index (χ0) is 22.5. The molecule has 1 amide bonds. The normalized spacial score (nSPS) is 23.6. The molecule has 0 aromatic heterocycles. The number of thiocarbonyl (C=S) groups is 1. The predicted molar refractivity (Wildman–Crippen MR) is 131 cm³/mol. The van der Waals surface area contributed by atoms with Crippen LogP contribution in [-0.4, -0.2) is 16.7 Å². The van der Waals surface area contributed by atoms with Gasteiger partial charge in [0.05, 0.1) is 6.04 Å². The van der Waals surface area contributed by atoms with E-state index in [0.29, 0.717) is 26.6 Å². The highest BCUT2D eigenvalue weighted by Crippen LogP contribution is 2.49. The van der Waals surface area contributed by atoms with Crippen LogP contribution in [0.15, 0.2) is 72.8 Å². The molecule has 0 unspecified atom stereocenters. The molecule has 5 nitrogen and oxygen atoms in total. The maximum atomic E-state index is 13.7. The minimum Gasteiger partial charge on any atom is -0.467 e. The van der Waals surface area contributed by atoms with Crippen molar-refractivity contribution in [2.45, 2.75) is 18.7 Å². The summed E-state index contributed by atoms with van der Waals surface area (Å²) in [6, 6.07) is 21.7. The van der Waals surface area contributed by atoms with E-state index in [2.05, 4.69) is 10.6 Å². The van der Waals surface area contributed by atoms with Crippen LogP contribution in [0, 0.1) is 5.92 Å². The number of nitrogens with one attached hydrogen (secondary N) is 2. The maximum absolute atomic E-state index is 13.7. The van der Waals surface area contributed by atoms with E-state index in [4.69, 9.17) is 40.2 Å². The van der Waals surface area contributed by atoms with E-state index in [9.17, 15) is 4.79 Å². The average molecular weight is 484 g/mol. The number of carbonyl (C=O) groups is 1. The number of halogens is 2. The molecule has 0 saturated carbocycles. The van der Waals surface area contributed by atoms with Gasteiger partial charge in [-0.15, -0.1) is 0 Å². The molecule has 3 aromatic rings. The minimum absolute atomic E-state index is 0.191. The van der Waals surface area contributed by atoms with Gasteiger partial charge in [0.25, 0.3) is 0 Å². The second kappa shape index (κ2) is 7.96. The number of carbonyl (C=O) groups excluding carboxylic acids is 1. The molecule has 2 aliphatic rings. The zero-order valence-corrected chi connectivity index (χ0v) is 19.3. The van der Waals surface area contributed by atoms with Gasteiger partial charge in [-0.25, -0.2) is 0 Å². The van der Waals surface area contributed by atoms with Crippen LogP contribution < -0.4 is 20.3 Å². The SMILES string of the molecule is C[C@]12Oc3ccccc3[C@H](NC(=S)N1c1ccc(Cl)cc1)[C@@H]2C(=O)Nc1ccc(Cl)cc1. The fourth-order valence-corrected chi connectivity index (χ4v) is 5.13. The van der Waals surface area contributed by atoms with Crippen molar-refractivity contribution in [3.05, 3.63) is 88.4 Å². The quantitative estimate of drug-likeness (QED) is 0.461. The Kier molecular flexibility index (Phi) is 5.24. The van der Waals surface area contributed by atoms with E-state index >= 15 is 0 Å². The molecule has 3 aromatic carbocycles. The molecule has 1 saturated heterocycles. The number of benzene rings is 3. The number of hydrogen-bond acceptors (Lipinski definition) is 3. The lowest BCUT2D eigenvalue weighted by atomic mass is 9.78. The van der Waals surface area contributed by atoms with Gasteiger partial charge in [-0.05, 0) is 73.7 Å². The van der Waals surface area contributed by atoms with E-state index in [1.807, 2.05) is 48.2 Å². The molecule has 3 atom stereocenters. The smallest absolute Gasteiger partial charge is 0.236 e. The molecule has 2 bridgehead atoms. The summed E-state index contributed by atoms with van der Waals surface area (Å²) in [6.45, 7) is 1.89. The van der Waals surface area contributed by atoms with Crippen LogP contribution in [0.1, 0.15) is 18.5 Å².